The molecule has 25 heavy (non-hydrogen) atoms. The summed E-state index contributed by atoms with van der Waals surface area (Å²) in [7, 11) is 0. The first kappa shape index (κ1) is 18.9. The Labute approximate surface area is 150 Å². The minimum atomic E-state index is -0.127. The Morgan fingerprint density at radius 2 is 1.76 bits per heavy atom. The van der Waals surface area contributed by atoms with Crippen LogP contribution in [0.25, 0.3) is 0 Å². The largest absolute Gasteiger partial charge is 0.352 e. The van der Waals surface area contributed by atoms with Crippen LogP contribution in [0.2, 0.25) is 0 Å². The molecule has 5 nitrogen and oxygen atoms in total. The van der Waals surface area contributed by atoms with E-state index in [2.05, 4.69) is 54.4 Å². The van der Waals surface area contributed by atoms with Crippen molar-refractivity contribution in [2.75, 3.05) is 11.9 Å². The number of hydrogen-bond donors (Lipinski definition) is 2. The summed E-state index contributed by atoms with van der Waals surface area (Å²) in [5.74, 6) is 0.358. The Kier molecular flexibility index (Phi) is 6.51. The SMILES string of the molecule is CCCCCNC(=O)c1cnc(Nc2ccccc2C(C)(C)C)nc1. The molecule has 0 aliphatic rings. The van der Waals surface area contributed by atoms with Gasteiger partial charge in [-0.1, -0.05) is 58.7 Å². The topological polar surface area (TPSA) is 66.9 Å². The van der Waals surface area contributed by atoms with E-state index in [0.29, 0.717) is 18.1 Å². The number of para-hydroxylation sites is 1. The molecule has 0 aliphatic carbocycles. The van der Waals surface area contributed by atoms with E-state index in [4.69, 9.17) is 0 Å². The van der Waals surface area contributed by atoms with E-state index < -0.39 is 0 Å². The fourth-order valence-corrected chi connectivity index (χ4v) is 2.56. The number of amides is 1. The number of anilines is 2. The number of carbonyl (C=O) groups excluding carboxylic acids is 1. The third-order valence-electron chi connectivity index (χ3n) is 3.96. The van der Waals surface area contributed by atoms with Crippen molar-refractivity contribution < 1.29 is 4.79 Å². The summed E-state index contributed by atoms with van der Waals surface area (Å²) in [6, 6.07) is 8.12. The van der Waals surface area contributed by atoms with Crippen LogP contribution in [0.3, 0.4) is 0 Å². The molecular formula is C20H28N4O. The highest BCUT2D eigenvalue weighted by atomic mass is 16.1. The fourth-order valence-electron chi connectivity index (χ4n) is 2.56. The van der Waals surface area contributed by atoms with Gasteiger partial charge in [-0.15, -0.1) is 0 Å². The van der Waals surface area contributed by atoms with Crippen LogP contribution in [-0.2, 0) is 5.41 Å². The number of benzene rings is 1. The molecule has 0 atom stereocenters. The van der Waals surface area contributed by atoms with Crippen molar-refractivity contribution in [2.24, 2.45) is 0 Å². The zero-order valence-corrected chi connectivity index (χ0v) is 15.6. The summed E-state index contributed by atoms with van der Waals surface area (Å²) in [5, 5.41) is 6.14. The maximum Gasteiger partial charge on any atom is 0.254 e. The van der Waals surface area contributed by atoms with Crippen LogP contribution < -0.4 is 10.6 Å². The van der Waals surface area contributed by atoms with Gasteiger partial charge in [0.25, 0.3) is 5.91 Å². The van der Waals surface area contributed by atoms with Crippen LogP contribution in [0.4, 0.5) is 11.6 Å². The molecule has 0 aliphatic heterocycles. The van der Waals surface area contributed by atoms with E-state index in [-0.39, 0.29) is 11.3 Å². The number of aromatic nitrogens is 2. The lowest BCUT2D eigenvalue weighted by atomic mass is 9.86. The first-order valence-electron chi connectivity index (χ1n) is 8.88. The Balaban J connectivity index is 2.03. The lowest BCUT2D eigenvalue weighted by Crippen LogP contribution is -2.24. The molecule has 2 rings (SSSR count). The molecule has 1 amide bonds. The second-order valence-electron chi connectivity index (χ2n) is 7.18. The maximum absolute atomic E-state index is 12.1. The molecule has 1 heterocycles. The van der Waals surface area contributed by atoms with Gasteiger partial charge in [0.1, 0.15) is 0 Å². The van der Waals surface area contributed by atoms with E-state index in [0.717, 1.165) is 24.9 Å². The van der Waals surface area contributed by atoms with Gasteiger partial charge in [0.05, 0.1) is 5.56 Å². The number of nitrogens with zero attached hydrogens (tertiary/aromatic N) is 2. The molecule has 0 bridgehead atoms. The van der Waals surface area contributed by atoms with Crippen LogP contribution in [0.5, 0.6) is 0 Å². The van der Waals surface area contributed by atoms with Crippen LogP contribution in [0, 0.1) is 0 Å². The first-order valence-corrected chi connectivity index (χ1v) is 8.88. The van der Waals surface area contributed by atoms with Gasteiger partial charge in [-0.2, -0.15) is 0 Å². The van der Waals surface area contributed by atoms with Gasteiger partial charge in [0.2, 0.25) is 5.95 Å². The molecular weight excluding hydrogens is 312 g/mol. The second kappa shape index (κ2) is 8.60. The van der Waals surface area contributed by atoms with E-state index in [1.165, 1.54) is 5.56 Å². The summed E-state index contributed by atoms with van der Waals surface area (Å²) in [6.45, 7) is 9.33. The van der Waals surface area contributed by atoms with Crippen molar-refractivity contribution in [1.82, 2.24) is 15.3 Å². The van der Waals surface area contributed by atoms with Gasteiger partial charge in [-0.25, -0.2) is 9.97 Å². The van der Waals surface area contributed by atoms with Crippen molar-refractivity contribution in [1.29, 1.82) is 0 Å². The van der Waals surface area contributed by atoms with Gasteiger partial charge in [-0.3, -0.25) is 4.79 Å². The molecule has 134 valence electrons. The minimum Gasteiger partial charge on any atom is -0.352 e. The van der Waals surface area contributed by atoms with Crippen LogP contribution >= 0.6 is 0 Å². The summed E-state index contributed by atoms with van der Waals surface area (Å²) >= 11 is 0. The van der Waals surface area contributed by atoms with Gasteiger partial charge in [0, 0.05) is 24.6 Å². The van der Waals surface area contributed by atoms with Crippen LogP contribution in [0.1, 0.15) is 62.9 Å². The van der Waals surface area contributed by atoms with E-state index in [1.807, 2.05) is 18.2 Å². The molecule has 0 unspecified atom stereocenters. The van der Waals surface area contributed by atoms with Crippen molar-refractivity contribution >= 4 is 17.5 Å². The summed E-state index contributed by atoms with van der Waals surface area (Å²) < 4.78 is 0. The number of rotatable bonds is 7. The third-order valence-corrected chi connectivity index (χ3v) is 3.96. The number of unbranched alkanes of at least 4 members (excludes halogenated alkanes) is 2. The predicted molar refractivity (Wildman–Crippen MR) is 102 cm³/mol. The Hall–Kier alpha value is -2.43. The van der Waals surface area contributed by atoms with Gasteiger partial charge < -0.3 is 10.6 Å². The van der Waals surface area contributed by atoms with Crippen molar-refractivity contribution in [2.45, 2.75) is 52.4 Å². The third kappa shape index (κ3) is 5.55. The normalized spacial score (nSPS) is 11.2. The quantitative estimate of drug-likeness (QED) is 0.731. The highest BCUT2D eigenvalue weighted by Crippen LogP contribution is 2.30. The molecule has 2 aromatic rings. The van der Waals surface area contributed by atoms with Crippen LogP contribution in [0.15, 0.2) is 36.7 Å². The average molecular weight is 340 g/mol. The van der Waals surface area contributed by atoms with E-state index >= 15 is 0 Å². The summed E-state index contributed by atoms with van der Waals surface area (Å²) in [6.07, 6.45) is 6.36. The van der Waals surface area contributed by atoms with Crippen molar-refractivity contribution in [3.05, 3.63) is 47.8 Å². The molecule has 0 saturated heterocycles. The average Bonchev–Trinajstić information content (AvgIpc) is 2.59. The van der Waals surface area contributed by atoms with Gasteiger partial charge in [0.15, 0.2) is 0 Å². The Morgan fingerprint density at radius 3 is 2.40 bits per heavy atom. The number of nitrogens with one attached hydrogen (secondary N) is 2. The molecule has 0 spiro atoms. The van der Waals surface area contributed by atoms with E-state index in [9.17, 15) is 4.79 Å². The standard InChI is InChI=1S/C20H28N4O/c1-5-6-9-12-21-18(25)15-13-22-19(23-14-15)24-17-11-8-7-10-16(17)20(2,3)4/h7-8,10-11,13-14H,5-6,9,12H2,1-4H3,(H,21,25)(H,22,23,24). The minimum absolute atomic E-state index is 0.0158. The zero-order valence-electron chi connectivity index (χ0n) is 15.6. The lowest BCUT2D eigenvalue weighted by Gasteiger charge is -2.22. The summed E-state index contributed by atoms with van der Waals surface area (Å²) in [4.78, 5) is 20.6. The fraction of sp³-hybridized carbons (Fsp3) is 0.450. The molecule has 0 fully saturated rings. The first-order chi connectivity index (χ1) is 11.9. The molecule has 5 heteroatoms. The van der Waals surface area contributed by atoms with E-state index in [1.54, 1.807) is 12.4 Å². The highest BCUT2D eigenvalue weighted by Gasteiger charge is 2.18. The van der Waals surface area contributed by atoms with Crippen molar-refractivity contribution in [3.8, 4) is 0 Å². The summed E-state index contributed by atoms with van der Waals surface area (Å²) in [5.41, 5.74) is 2.66. The molecule has 2 N–H and O–H groups in total. The Bertz CT molecular complexity index is 690. The Morgan fingerprint density at radius 1 is 1.08 bits per heavy atom. The second-order valence-corrected chi connectivity index (χ2v) is 7.18. The molecule has 1 aromatic heterocycles. The number of hydrogen-bond acceptors (Lipinski definition) is 4. The van der Waals surface area contributed by atoms with Crippen LogP contribution in [-0.4, -0.2) is 22.4 Å². The zero-order chi connectivity index (χ0) is 18.3. The highest BCUT2D eigenvalue weighted by molar-refractivity contribution is 5.93. The monoisotopic (exact) mass is 340 g/mol. The molecule has 1 aromatic carbocycles. The number of carbonyl (C=O) groups is 1. The lowest BCUT2D eigenvalue weighted by molar-refractivity contribution is 0.0952. The molecule has 0 radical (unpaired) electrons. The van der Waals surface area contributed by atoms with Crippen molar-refractivity contribution in [3.63, 3.8) is 0 Å². The predicted octanol–water partition coefficient (Wildman–Crippen LogP) is 4.44. The smallest absolute Gasteiger partial charge is 0.254 e. The molecule has 0 saturated carbocycles. The van der Waals surface area contributed by atoms with Gasteiger partial charge in [-0.05, 0) is 23.5 Å². The van der Waals surface area contributed by atoms with Gasteiger partial charge >= 0.3 is 0 Å². The maximum atomic E-state index is 12.1.